The molecule has 0 saturated carbocycles. The second-order valence-corrected chi connectivity index (χ2v) is 3.01. The van der Waals surface area contributed by atoms with Crippen molar-refractivity contribution in [2.75, 3.05) is 19.8 Å². The van der Waals surface area contributed by atoms with Crippen molar-refractivity contribution in [1.29, 1.82) is 0 Å². The molecule has 0 aliphatic heterocycles. The van der Waals surface area contributed by atoms with Gasteiger partial charge in [-0.3, -0.25) is 9.11 Å². The van der Waals surface area contributed by atoms with E-state index in [4.69, 9.17) is 32.5 Å². The summed E-state index contributed by atoms with van der Waals surface area (Å²) < 4.78 is 36.4. The fourth-order valence-corrected chi connectivity index (χ4v) is 0.340. The number of rotatable bonds is 5. The summed E-state index contributed by atoms with van der Waals surface area (Å²) in [6.45, 7) is 3.74. The fraction of sp³-hybridized carbons (Fsp3) is 0.667. The summed E-state index contributed by atoms with van der Waals surface area (Å²) >= 11 is 0. The van der Waals surface area contributed by atoms with Crippen molar-refractivity contribution < 1.29 is 32.5 Å². The van der Waals surface area contributed by atoms with Crippen LogP contribution in [0.1, 0.15) is 0 Å². The van der Waals surface area contributed by atoms with Crippen LogP contribution in [0.4, 0.5) is 0 Å². The molecule has 0 heterocycles. The molecule has 1 unspecified atom stereocenters. The van der Waals surface area contributed by atoms with E-state index in [0.717, 1.165) is 0 Å². The quantitative estimate of drug-likeness (QED) is 0.268. The van der Waals surface area contributed by atoms with Gasteiger partial charge in [0.2, 0.25) is 0 Å². The molecule has 14 heavy (non-hydrogen) atoms. The highest BCUT2D eigenvalue weighted by atomic mass is 32.3. The van der Waals surface area contributed by atoms with Gasteiger partial charge in [0, 0.05) is 0 Å². The molecule has 1 atom stereocenters. The predicted molar refractivity (Wildman–Crippen MR) is 48.3 cm³/mol. The van der Waals surface area contributed by atoms with Crippen LogP contribution in [0.15, 0.2) is 12.7 Å². The normalized spacial score (nSPS) is 12.6. The molecule has 4 N–H and O–H groups in total. The van der Waals surface area contributed by atoms with Crippen LogP contribution in [-0.2, 0) is 15.1 Å². The molecule has 0 rings (SSSR count). The molecular formula is C6H14O7S. The third kappa shape index (κ3) is 30.0. The molecule has 8 heteroatoms. The van der Waals surface area contributed by atoms with E-state index in [-0.39, 0.29) is 13.2 Å². The van der Waals surface area contributed by atoms with Gasteiger partial charge < -0.3 is 14.9 Å². The number of hydrogen-bond donors (Lipinski definition) is 4. The fourth-order valence-electron chi connectivity index (χ4n) is 0.340. The average molecular weight is 230 g/mol. The van der Waals surface area contributed by atoms with Gasteiger partial charge in [-0.15, -0.1) is 6.58 Å². The Hall–Kier alpha value is -0.510. The summed E-state index contributed by atoms with van der Waals surface area (Å²) in [7, 11) is -4.67. The molecule has 0 aliphatic rings. The Morgan fingerprint density at radius 3 is 2.14 bits per heavy atom. The Labute approximate surface area is 82.2 Å². The van der Waals surface area contributed by atoms with Gasteiger partial charge in [0.15, 0.2) is 0 Å². The van der Waals surface area contributed by atoms with Gasteiger partial charge in [-0.1, -0.05) is 6.08 Å². The van der Waals surface area contributed by atoms with Gasteiger partial charge in [-0.25, -0.2) is 0 Å². The monoisotopic (exact) mass is 230 g/mol. The zero-order valence-corrected chi connectivity index (χ0v) is 8.22. The predicted octanol–water partition coefficient (Wildman–Crippen LogP) is -1.11. The highest BCUT2D eigenvalue weighted by molar-refractivity contribution is 7.79. The first-order valence-corrected chi connectivity index (χ1v) is 4.88. The van der Waals surface area contributed by atoms with E-state index in [0.29, 0.717) is 6.61 Å². The van der Waals surface area contributed by atoms with Gasteiger partial charge >= 0.3 is 10.4 Å². The highest BCUT2D eigenvalue weighted by Crippen LogP contribution is 1.82. The second kappa shape index (κ2) is 9.06. The van der Waals surface area contributed by atoms with Gasteiger partial charge in [0.05, 0.1) is 19.8 Å². The van der Waals surface area contributed by atoms with E-state index in [9.17, 15) is 0 Å². The third-order valence-electron chi connectivity index (χ3n) is 0.757. The number of ether oxygens (including phenoxy) is 1. The molecule has 0 aromatic carbocycles. The van der Waals surface area contributed by atoms with E-state index in [2.05, 4.69) is 6.58 Å². The van der Waals surface area contributed by atoms with Crippen LogP contribution in [-0.4, -0.2) is 53.7 Å². The molecule has 0 bridgehead atoms. The van der Waals surface area contributed by atoms with Gasteiger partial charge in [-0.2, -0.15) is 8.42 Å². The zero-order valence-electron chi connectivity index (χ0n) is 7.40. The van der Waals surface area contributed by atoms with E-state index in [1.807, 2.05) is 0 Å². The molecule has 7 nitrogen and oxygen atoms in total. The van der Waals surface area contributed by atoms with E-state index < -0.39 is 16.5 Å². The summed E-state index contributed by atoms with van der Waals surface area (Å²) in [5, 5.41) is 17.0. The largest absolute Gasteiger partial charge is 0.394 e. The Kier molecular flexibility index (Phi) is 10.3. The maximum absolute atomic E-state index is 8.74. The summed E-state index contributed by atoms with van der Waals surface area (Å²) in [5.41, 5.74) is 0. The molecule has 0 aliphatic carbocycles. The number of hydrogen-bond acceptors (Lipinski definition) is 5. The maximum atomic E-state index is 8.74. The lowest BCUT2D eigenvalue weighted by atomic mass is 10.4. The minimum atomic E-state index is -4.67. The lowest BCUT2D eigenvalue weighted by molar-refractivity contribution is 0.0150. The van der Waals surface area contributed by atoms with Crippen LogP contribution in [0, 0.1) is 0 Å². The molecule has 0 spiro atoms. The first-order chi connectivity index (χ1) is 6.31. The highest BCUT2D eigenvalue weighted by Gasteiger charge is 1.98. The second-order valence-electron chi connectivity index (χ2n) is 2.11. The Balaban J connectivity index is 0. The van der Waals surface area contributed by atoms with Gasteiger partial charge in [0.25, 0.3) is 0 Å². The van der Waals surface area contributed by atoms with Crippen molar-refractivity contribution in [1.82, 2.24) is 0 Å². The SMILES string of the molecule is C=CCOCC(O)CO.O=S(=O)(O)O. The first kappa shape index (κ1) is 15.9. The zero-order chi connectivity index (χ0) is 11.6. The first-order valence-electron chi connectivity index (χ1n) is 3.48. The Morgan fingerprint density at radius 2 is 1.86 bits per heavy atom. The van der Waals surface area contributed by atoms with Crippen molar-refractivity contribution in [3.63, 3.8) is 0 Å². The van der Waals surface area contributed by atoms with Crippen LogP contribution < -0.4 is 0 Å². The number of aliphatic hydroxyl groups excluding tert-OH is 2. The van der Waals surface area contributed by atoms with Gasteiger partial charge in [-0.05, 0) is 0 Å². The van der Waals surface area contributed by atoms with Crippen molar-refractivity contribution in [2.24, 2.45) is 0 Å². The molecule has 0 aromatic rings. The van der Waals surface area contributed by atoms with E-state index in [1.54, 1.807) is 6.08 Å². The molecule has 86 valence electrons. The van der Waals surface area contributed by atoms with Crippen LogP contribution in [0.3, 0.4) is 0 Å². The Morgan fingerprint density at radius 1 is 1.43 bits per heavy atom. The minimum absolute atomic E-state index is 0.169. The van der Waals surface area contributed by atoms with Crippen molar-refractivity contribution in [3.8, 4) is 0 Å². The lowest BCUT2D eigenvalue weighted by Crippen LogP contribution is -2.19. The average Bonchev–Trinajstić information content (AvgIpc) is 2.01. The van der Waals surface area contributed by atoms with Crippen molar-refractivity contribution in [3.05, 3.63) is 12.7 Å². The minimum Gasteiger partial charge on any atom is -0.394 e. The van der Waals surface area contributed by atoms with Gasteiger partial charge in [0.1, 0.15) is 6.10 Å². The van der Waals surface area contributed by atoms with Crippen molar-refractivity contribution in [2.45, 2.75) is 6.10 Å². The van der Waals surface area contributed by atoms with Crippen LogP contribution >= 0.6 is 0 Å². The molecule has 0 fully saturated rings. The Bertz CT molecular complexity index is 214. The summed E-state index contributed by atoms with van der Waals surface area (Å²) in [6.07, 6.45) is 0.828. The molecule has 0 amide bonds. The summed E-state index contributed by atoms with van der Waals surface area (Å²) in [6, 6.07) is 0. The lowest BCUT2D eigenvalue weighted by Gasteiger charge is -2.04. The van der Waals surface area contributed by atoms with Crippen LogP contribution in [0.5, 0.6) is 0 Å². The molecule has 0 saturated heterocycles. The van der Waals surface area contributed by atoms with Crippen LogP contribution in [0.2, 0.25) is 0 Å². The smallest absolute Gasteiger partial charge is 0.394 e. The van der Waals surface area contributed by atoms with E-state index in [1.165, 1.54) is 0 Å². The molecular weight excluding hydrogens is 216 g/mol. The third-order valence-corrected chi connectivity index (χ3v) is 0.757. The maximum Gasteiger partial charge on any atom is 0.394 e. The molecule has 0 radical (unpaired) electrons. The standard InChI is InChI=1S/C6H12O3.H2O4S/c1-2-3-9-5-6(8)4-7;1-5(2,3)4/h2,6-8H,1,3-5H2;(H2,1,2,3,4). The number of aliphatic hydroxyl groups is 2. The summed E-state index contributed by atoms with van der Waals surface area (Å²) in [4.78, 5) is 0. The summed E-state index contributed by atoms with van der Waals surface area (Å²) in [5.74, 6) is 0. The van der Waals surface area contributed by atoms with E-state index >= 15 is 0 Å². The van der Waals surface area contributed by atoms with Crippen molar-refractivity contribution >= 4 is 10.4 Å². The van der Waals surface area contributed by atoms with Crippen LogP contribution in [0.25, 0.3) is 0 Å². The molecule has 0 aromatic heterocycles. The topological polar surface area (TPSA) is 124 Å².